The number of ether oxygens (including phenoxy) is 1. The molecular weight excluding hydrogens is 357 g/mol. The number of halogens is 4. The van der Waals surface area contributed by atoms with Crippen molar-refractivity contribution in [1.29, 1.82) is 0 Å². The fourth-order valence-corrected chi connectivity index (χ4v) is 3.08. The molecule has 0 amide bonds. The molecule has 0 radical (unpaired) electrons. The molecule has 1 heterocycles. The molecule has 0 bridgehead atoms. The molecule has 8 heteroatoms. The van der Waals surface area contributed by atoms with Crippen molar-refractivity contribution in [3.8, 4) is 0 Å². The highest BCUT2D eigenvalue weighted by atomic mass is 79.9. The highest BCUT2D eigenvalue weighted by Gasteiger charge is 2.27. The first-order valence-electron chi connectivity index (χ1n) is 6.30. The van der Waals surface area contributed by atoms with Gasteiger partial charge in [0.05, 0.1) is 4.47 Å². The van der Waals surface area contributed by atoms with E-state index in [4.69, 9.17) is 12.2 Å². The van der Waals surface area contributed by atoms with Crippen molar-refractivity contribution in [3.63, 3.8) is 0 Å². The first-order chi connectivity index (χ1) is 9.37. The Morgan fingerprint density at radius 3 is 2.60 bits per heavy atom. The molecule has 1 N–H and O–H groups in total. The van der Waals surface area contributed by atoms with E-state index in [9.17, 15) is 13.2 Å². The fourth-order valence-electron chi connectivity index (χ4n) is 2.35. The van der Waals surface area contributed by atoms with Gasteiger partial charge in [0.1, 0.15) is 23.7 Å². The van der Waals surface area contributed by atoms with E-state index >= 15 is 0 Å². The van der Waals surface area contributed by atoms with Crippen LogP contribution in [0.1, 0.15) is 43.1 Å². The number of H-pyrrole nitrogens is 1. The molecule has 0 aliphatic heterocycles. The van der Waals surface area contributed by atoms with E-state index in [2.05, 4.69) is 30.6 Å². The second-order valence-corrected chi connectivity index (χ2v) is 5.99. The van der Waals surface area contributed by atoms with Crippen LogP contribution in [0.25, 0.3) is 0 Å². The normalized spacial score (nSPS) is 16.8. The van der Waals surface area contributed by atoms with Crippen LogP contribution in [0.15, 0.2) is 4.47 Å². The maximum atomic E-state index is 12.0. The number of hydrogen-bond acceptors (Lipinski definition) is 3. The van der Waals surface area contributed by atoms with Crippen molar-refractivity contribution in [2.75, 3.05) is 6.61 Å². The minimum absolute atomic E-state index is 0.226. The van der Waals surface area contributed by atoms with E-state index in [-0.39, 0.29) is 6.61 Å². The van der Waals surface area contributed by atoms with Crippen molar-refractivity contribution in [2.24, 2.45) is 0 Å². The summed E-state index contributed by atoms with van der Waals surface area (Å²) in [4.78, 5) is 7.11. The molecule has 1 saturated carbocycles. The van der Waals surface area contributed by atoms with Crippen LogP contribution in [0.5, 0.6) is 0 Å². The van der Waals surface area contributed by atoms with Gasteiger partial charge in [-0.2, -0.15) is 13.2 Å². The predicted molar refractivity (Wildman–Crippen MR) is 74.0 cm³/mol. The van der Waals surface area contributed by atoms with E-state index in [1.165, 1.54) is 0 Å². The van der Waals surface area contributed by atoms with Crippen LogP contribution in [0.2, 0.25) is 0 Å². The molecule has 0 aromatic carbocycles. The second-order valence-electron chi connectivity index (χ2n) is 4.81. The van der Waals surface area contributed by atoms with Gasteiger partial charge in [-0.05, 0) is 28.8 Å². The molecule has 0 unspecified atom stereocenters. The Morgan fingerprint density at radius 1 is 1.35 bits per heavy atom. The van der Waals surface area contributed by atoms with Crippen LogP contribution in [-0.4, -0.2) is 22.8 Å². The minimum Gasteiger partial charge on any atom is -0.364 e. The number of hydrogen-bond donors (Lipinski definition) is 1. The summed E-state index contributed by atoms with van der Waals surface area (Å²) in [6, 6.07) is 0. The van der Waals surface area contributed by atoms with Crippen molar-refractivity contribution in [2.45, 2.75) is 44.4 Å². The molecule has 112 valence electrons. The topological polar surface area (TPSA) is 37.9 Å². The van der Waals surface area contributed by atoms with Crippen LogP contribution >= 0.6 is 28.1 Å². The summed E-state index contributed by atoms with van der Waals surface area (Å²) >= 11 is 8.54. The monoisotopic (exact) mass is 370 g/mol. The standard InChI is InChI=1S/C12H14BrF3N2OS/c13-9-10(7-3-1-2-4-7)17-8(18-11(9)20)5-19-6-12(14,15)16/h7H,1-6H2,(H,17,18,20). The zero-order chi connectivity index (χ0) is 14.8. The van der Waals surface area contributed by atoms with Crippen molar-refractivity contribution < 1.29 is 17.9 Å². The molecule has 2 rings (SSSR count). The van der Waals surface area contributed by atoms with Crippen molar-refractivity contribution in [3.05, 3.63) is 20.6 Å². The number of aromatic amines is 1. The summed E-state index contributed by atoms with van der Waals surface area (Å²) < 4.78 is 41.8. The highest BCUT2D eigenvalue weighted by Crippen LogP contribution is 2.36. The Morgan fingerprint density at radius 2 is 2.00 bits per heavy atom. The van der Waals surface area contributed by atoms with Gasteiger partial charge in [0.15, 0.2) is 0 Å². The first kappa shape index (κ1) is 15.9. The number of nitrogens with one attached hydrogen (secondary N) is 1. The molecule has 0 spiro atoms. The molecule has 1 fully saturated rings. The second kappa shape index (κ2) is 6.53. The molecule has 3 nitrogen and oxygen atoms in total. The quantitative estimate of drug-likeness (QED) is 0.784. The van der Waals surface area contributed by atoms with Gasteiger partial charge >= 0.3 is 6.18 Å². The van der Waals surface area contributed by atoms with Gasteiger partial charge in [-0.1, -0.05) is 25.1 Å². The van der Waals surface area contributed by atoms with E-state index in [1.807, 2.05) is 0 Å². The van der Waals surface area contributed by atoms with Crippen molar-refractivity contribution >= 4 is 28.1 Å². The zero-order valence-corrected chi connectivity index (χ0v) is 13.0. The SMILES string of the molecule is FC(F)(F)COCc1nc(=S)c(Br)c(C2CCCC2)[nH]1. The number of rotatable bonds is 4. The lowest BCUT2D eigenvalue weighted by Crippen LogP contribution is -2.17. The summed E-state index contributed by atoms with van der Waals surface area (Å²) in [6.45, 7) is -1.51. The Bertz CT molecular complexity index is 526. The van der Waals surface area contributed by atoms with Crippen LogP contribution in [-0.2, 0) is 11.3 Å². The lowest BCUT2D eigenvalue weighted by atomic mass is 10.0. The van der Waals surface area contributed by atoms with Crippen LogP contribution in [0, 0.1) is 4.64 Å². The molecule has 0 atom stereocenters. The molecule has 1 aromatic rings. The lowest BCUT2D eigenvalue weighted by Gasteiger charge is -2.14. The molecular formula is C12H14BrF3N2OS. The van der Waals surface area contributed by atoms with E-state index in [1.54, 1.807) is 0 Å². The van der Waals surface area contributed by atoms with Gasteiger partial charge in [-0.3, -0.25) is 0 Å². The highest BCUT2D eigenvalue weighted by molar-refractivity contribution is 9.10. The molecule has 1 aliphatic carbocycles. The van der Waals surface area contributed by atoms with E-state index < -0.39 is 12.8 Å². The Hall–Kier alpha value is -0.470. The molecule has 1 aromatic heterocycles. The Labute approximate surface area is 128 Å². The van der Waals surface area contributed by atoms with Crippen molar-refractivity contribution in [1.82, 2.24) is 9.97 Å². The zero-order valence-electron chi connectivity index (χ0n) is 10.6. The summed E-state index contributed by atoms with van der Waals surface area (Å²) in [6.07, 6.45) is 0.0772. The maximum absolute atomic E-state index is 12.0. The van der Waals surface area contributed by atoms with Gasteiger partial charge in [0.25, 0.3) is 0 Å². The Kier molecular flexibility index (Phi) is 5.19. The smallest absolute Gasteiger partial charge is 0.364 e. The third-order valence-electron chi connectivity index (χ3n) is 3.21. The fraction of sp³-hybridized carbons (Fsp3) is 0.667. The molecule has 20 heavy (non-hydrogen) atoms. The molecule has 1 aliphatic rings. The van der Waals surface area contributed by atoms with Crippen LogP contribution in [0.3, 0.4) is 0 Å². The largest absolute Gasteiger partial charge is 0.411 e. The van der Waals surface area contributed by atoms with E-state index in [0.717, 1.165) is 35.8 Å². The van der Waals surface area contributed by atoms with E-state index in [0.29, 0.717) is 16.4 Å². The van der Waals surface area contributed by atoms with Crippen LogP contribution < -0.4 is 0 Å². The van der Waals surface area contributed by atoms with Gasteiger partial charge in [-0.15, -0.1) is 0 Å². The minimum atomic E-state index is -4.33. The average Bonchev–Trinajstić information content (AvgIpc) is 2.85. The first-order valence-corrected chi connectivity index (χ1v) is 7.50. The Balaban J connectivity index is 2.12. The summed E-state index contributed by atoms with van der Waals surface area (Å²) in [5, 5.41) is 0. The van der Waals surface area contributed by atoms with Crippen LogP contribution in [0.4, 0.5) is 13.2 Å². The number of aromatic nitrogens is 2. The molecule has 0 saturated heterocycles. The number of alkyl halides is 3. The van der Waals surface area contributed by atoms with Gasteiger partial charge in [0.2, 0.25) is 0 Å². The summed E-state index contributed by atoms with van der Waals surface area (Å²) in [7, 11) is 0. The third-order valence-corrected chi connectivity index (χ3v) is 4.57. The average molecular weight is 371 g/mol. The summed E-state index contributed by atoms with van der Waals surface area (Å²) in [5.74, 6) is 0.694. The lowest BCUT2D eigenvalue weighted by molar-refractivity contribution is -0.177. The summed E-state index contributed by atoms with van der Waals surface area (Å²) in [5.41, 5.74) is 0.924. The predicted octanol–water partition coefficient (Wildman–Crippen LogP) is 4.64. The third kappa shape index (κ3) is 4.26. The number of nitrogens with zero attached hydrogens (tertiary/aromatic N) is 1. The van der Waals surface area contributed by atoms with Gasteiger partial charge in [-0.25, -0.2) is 4.98 Å². The van der Waals surface area contributed by atoms with Gasteiger partial charge in [0, 0.05) is 11.6 Å². The van der Waals surface area contributed by atoms with Gasteiger partial charge < -0.3 is 9.72 Å². The maximum Gasteiger partial charge on any atom is 0.411 e.